The Bertz CT molecular complexity index is 1700. The Morgan fingerprint density at radius 3 is 0.667 bits per heavy atom. The van der Waals surface area contributed by atoms with Crippen LogP contribution >= 0.6 is 0 Å². The second kappa shape index (κ2) is 26.7. The van der Waals surface area contributed by atoms with E-state index in [4.69, 9.17) is 0 Å². The van der Waals surface area contributed by atoms with Crippen LogP contribution in [0.2, 0.25) is 0 Å². The molecule has 0 bridgehead atoms. The minimum atomic E-state index is -1.66. The zero-order valence-electron chi connectivity index (χ0n) is 30.8. The summed E-state index contributed by atoms with van der Waals surface area (Å²) in [6, 6.07) is 16.8. The van der Waals surface area contributed by atoms with Crippen LogP contribution in [0.4, 0.5) is 22.7 Å². The van der Waals surface area contributed by atoms with E-state index < -0.39 is 58.1 Å². The monoisotopic (exact) mass is 742 g/mol. The lowest BCUT2D eigenvalue weighted by atomic mass is 10.1. The second-order valence-electron chi connectivity index (χ2n) is 8.76. The standard InChI is InChI=1S/C16H10N2O8.C14H10N2O4.4C2H6/c19-13(20)7-1-8(14(21)22)4-11(3-7)17-18-12-5-9(15(23)24)2-10(6-12)16(25)26;17-13(18)9-1-5-11(6-2-9)15-16-12-7-3-10(4-8-12)14(19)20;4*1-2/h1-6H,(H,19,20)(H,21,22)(H,23,24)(H,25,26);1-8H,(H,17,18)(H,19,20);4*1-2H3/p-6. The van der Waals surface area contributed by atoms with Gasteiger partial charge in [0, 0.05) is 22.3 Å². The van der Waals surface area contributed by atoms with E-state index in [0.717, 1.165) is 36.4 Å². The maximum Gasteiger partial charge on any atom is 0.0870 e. The molecule has 288 valence electrons. The lowest BCUT2D eigenvalue weighted by Crippen LogP contribution is -2.25. The Hall–Kier alpha value is -7.10. The van der Waals surface area contributed by atoms with Gasteiger partial charge in [-0.05, 0) is 71.8 Å². The molecular formula is C38H38N4O12-6. The molecule has 0 radical (unpaired) electrons. The molecular weight excluding hydrogens is 704 g/mol. The highest BCUT2D eigenvalue weighted by atomic mass is 16.4. The van der Waals surface area contributed by atoms with Gasteiger partial charge in [0.25, 0.3) is 0 Å². The summed E-state index contributed by atoms with van der Waals surface area (Å²) in [6.45, 7) is 16.0. The van der Waals surface area contributed by atoms with Crippen molar-refractivity contribution >= 4 is 58.6 Å². The molecule has 54 heavy (non-hydrogen) atoms. The third-order valence-electron chi connectivity index (χ3n) is 5.55. The van der Waals surface area contributed by atoms with Gasteiger partial charge in [0.05, 0.1) is 58.6 Å². The van der Waals surface area contributed by atoms with Crippen LogP contribution in [-0.4, -0.2) is 35.8 Å². The predicted octanol–water partition coefficient (Wildman–Crippen LogP) is 2.49. The maximum atomic E-state index is 10.9. The molecule has 0 amide bonds. The molecule has 0 unspecified atom stereocenters. The van der Waals surface area contributed by atoms with Gasteiger partial charge in [-0.3, -0.25) is 0 Å². The van der Waals surface area contributed by atoms with Crippen LogP contribution in [0.5, 0.6) is 0 Å². The summed E-state index contributed by atoms with van der Waals surface area (Å²) in [5.41, 5.74) is -1.39. The smallest absolute Gasteiger partial charge is 0.0870 e. The van der Waals surface area contributed by atoms with Gasteiger partial charge in [0.2, 0.25) is 0 Å². The Kier molecular flexibility index (Phi) is 24.2. The van der Waals surface area contributed by atoms with Gasteiger partial charge in [-0.1, -0.05) is 79.7 Å². The van der Waals surface area contributed by atoms with Gasteiger partial charge in [0.15, 0.2) is 0 Å². The average Bonchev–Trinajstić information content (AvgIpc) is 3.19. The number of carboxylic acid groups (broad SMARTS) is 6. The number of carboxylic acids is 6. The molecule has 0 spiro atoms. The summed E-state index contributed by atoms with van der Waals surface area (Å²) in [6.07, 6.45) is 0. The number of hydrogen-bond donors (Lipinski definition) is 0. The van der Waals surface area contributed by atoms with Gasteiger partial charge in [-0.15, -0.1) is 0 Å². The summed E-state index contributed by atoms with van der Waals surface area (Å²) in [5, 5.41) is 79.7. The van der Waals surface area contributed by atoms with Crippen LogP contribution < -0.4 is 30.6 Å². The van der Waals surface area contributed by atoms with Crippen molar-refractivity contribution in [2.75, 3.05) is 0 Å². The van der Waals surface area contributed by atoms with E-state index in [-0.39, 0.29) is 22.5 Å². The van der Waals surface area contributed by atoms with Crippen molar-refractivity contribution < 1.29 is 59.4 Å². The highest BCUT2D eigenvalue weighted by Gasteiger charge is 2.05. The summed E-state index contributed by atoms with van der Waals surface area (Å²) in [7, 11) is 0. The van der Waals surface area contributed by atoms with Crippen LogP contribution in [0.25, 0.3) is 0 Å². The van der Waals surface area contributed by atoms with Crippen LogP contribution in [0.3, 0.4) is 0 Å². The number of hydrogen-bond acceptors (Lipinski definition) is 16. The molecule has 0 aliphatic rings. The molecule has 4 aromatic carbocycles. The molecule has 4 aromatic rings. The van der Waals surface area contributed by atoms with Crippen LogP contribution in [0, 0.1) is 0 Å². The average molecular weight is 743 g/mol. The maximum absolute atomic E-state index is 10.9. The van der Waals surface area contributed by atoms with Crippen LogP contribution in [0.1, 0.15) is 118 Å². The zero-order valence-corrected chi connectivity index (χ0v) is 30.8. The van der Waals surface area contributed by atoms with Gasteiger partial charge in [-0.2, -0.15) is 20.5 Å². The third-order valence-corrected chi connectivity index (χ3v) is 5.55. The second-order valence-corrected chi connectivity index (χ2v) is 8.76. The third kappa shape index (κ3) is 17.2. The Balaban J connectivity index is 0. The van der Waals surface area contributed by atoms with Crippen LogP contribution in [0.15, 0.2) is 105 Å². The zero-order chi connectivity index (χ0) is 42.0. The van der Waals surface area contributed by atoms with Gasteiger partial charge < -0.3 is 59.4 Å². The lowest BCUT2D eigenvalue weighted by molar-refractivity contribution is -0.257. The van der Waals surface area contributed by atoms with Crippen LogP contribution in [-0.2, 0) is 0 Å². The molecule has 16 heteroatoms. The van der Waals surface area contributed by atoms with E-state index in [1.807, 2.05) is 55.4 Å². The first kappa shape index (κ1) is 49.0. The van der Waals surface area contributed by atoms with Crippen molar-refractivity contribution in [3.63, 3.8) is 0 Å². The van der Waals surface area contributed by atoms with E-state index >= 15 is 0 Å². The summed E-state index contributed by atoms with van der Waals surface area (Å²) < 4.78 is 0. The first-order valence-electron chi connectivity index (χ1n) is 16.4. The van der Waals surface area contributed by atoms with Crippen molar-refractivity contribution in [3.05, 3.63) is 118 Å². The molecule has 0 aliphatic heterocycles. The highest BCUT2D eigenvalue weighted by Crippen LogP contribution is 2.24. The largest absolute Gasteiger partial charge is 0.545 e. The summed E-state index contributed by atoms with van der Waals surface area (Å²) >= 11 is 0. The molecule has 0 fully saturated rings. The Labute approximate surface area is 311 Å². The van der Waals surface area contributed by atoms with Crippen molar-refractivity contribution in [1.82, 2.24) is 0 Å². The number of benzene rings is 4. The van der Waals surface area contributed by atoms with E-state index in [1.165, 1.54) is 48.5 Å². The fraction of sp³-hybridized carbons (Fsp3) is 0.211. The first-order valence-corrected chi connectivity index (χ1v) is 16.4. The molecule has 0 saturated heterocycles. The van der Waals surface area contributed by atoms with Gasteiger partial charge >= 0.3 is 0 Å². The Morgan fingerprint density at radius 1 is 0.296 bits per heavy atom. The number of aromatic carboxylic acids is 6. The minimum Gasteiger partial charge on any atom is -0.545 e. The molecule has 0 atom stereocenters. The normalized spacial score (nSPS) is 9.48. The van der Waals surface area contributed by atoms with Gasteiger partial charge in [-0.25, -0.2) is 0 Å². The molecule has 0 aromatic heterocycles. The fourth-order valence-electron chi connectivity index (χ4n) is 3.37. The number of carbonyl (C=O) groups is 6. The molecule has 0 N–H and O–H groups in total. The lowest BCUT2D eigenvalue weighted by Gasteiger charge is -2.09. The molecule has 0 heterocycles. The van der Waals surface area contributed by atoms with E-state index in [2.05, 4.69) is 20.5 Å². The summed E-state index contributed by atoms with van der Waals surface area (Å²) in [5.74, 6) is -9.17. The number of nitrogens with zero attached hydrogens (tertiary/aromatic N) is 4. The van der Waals surface area contributed by atoms with E-state index in [0.29, 0.717) is 11.4 Å². The highest BCUT2D eigenvalue weighted by molar-refractivity contribution is 5.94. The molecule has 4 rings (SSSR count). The van der Waals surface area contributed by atoms with Crippen molar-refractivity contribution in [1.29, 1.82) is 0 Å². The summed E-state index contributed by atoms with van der Waals surface area (Å²) in [4.78, 5) is 64.7. The first-order chi connectivity index (χ1) is 25.7. The van der Waals surface area contributed by atoms with E-state index in [9.17, 15) is 59.4 Å². The number of azo groups is 2. The fourth-order valence-corrected chi connectivity index (χ4v) is 3.37. The Morgan fingerprint density at radius 2 is 0.481 bits per heavy atom. The van der Waals surface area contributed by atoms with Gasteiger partial charge in [0.1, 0.15) is 0 Å². The number of carbonyl (C=O) groups excluding carboxylic acids is 6. The molecule has 16 nitrogen and oxygen atoms in total. The molecule has 0 aliphatic carbocycles. The number of rotatable bonds is 10. The van der Waals surface area contributed by atoms with Crippen molar-refractivity contribution in [2.45, 2.75) is 55.4 Å². The van der Waals surface area contributed by atoms with Crippen molar-refractivity contribution in [3.8, 4) is 0 Å². The van der Waals surface area contributed by atoms with E-state index in [1.54, 1.807) is 0 Å². The molecule has 0 saturated carbocycles. The SMILES string of the molecule is CC.CC.CC.CC.O=C([O-])c1cc(N=Nc2cc(C(=O)[O-])cc(C(=O)[O-])c2)cc(C(=O)[O-])c1.O=C([O-])c1ccc(N=Nc2ccc(C(=O)[O-])cc2)cc1. The quantitative estimate of drug-likeness (QED) is 0.212. The predicted molar refractivity (Wildman–Crippen MR) is 185 cm³/mol. The van der Waals surface area contributed by atoms with Crippen molar-refractivity contribution in [2.24, 2.45) is 20.5 Å². The minimum absolute atomic E-state index is 0.0576. The topological polar surface area (TPSA) is 290 Å².